The number of hydrogen-bond donors (Lipinski definition) is 0. The van der Waals surface area contributed by atoms with Crippen molar-refractivity contribution < 1.29 is 28.2 Å². The van der Waals surface area contributed by atoms with E-state index in [0.29, 0.717) is 24.9 Å². The SMILES string of the molecule is COC(=O)CCCCCCCC(=O)c1ccc(CN(C(=O)OC(C)(C)C)C2CC2c2ccc(F)cc2)cc1. The van der Waals surface area contributed by atoms with Crippen LogP contribution in [0.25, 0.3) is 0 Å². The number of carbonyl (C=O) groups is 3. The van der Waals surface area contributed by atoms with Crippen molar-refractivity contribution in [2.24, 2.45) is 0 Å². The van der Waals surface area contributed by atoms with Crippen LogP contribution in [-0.2, 0) is 20.8 Å². The maximum atomic E-state index is 13.4. The van der Waals surface area contributed by atoms with E-state index in [1.165, 1.54) is 19.2 Å². The Morgan fingerprint density at radius 2 is 1.50 bits per heavy atom. The zero-order valence-corrected chi connectivity index (χ0v) is 23.0. The molecule has 1 aliphatic carbocycles. The van der Waals surface area contributed by atoms with Crippen LogP contribution < -0.4 is 0 Å². The van der Waals surface area contributed by atoms with E-state index in [1.54, 1.807) is 17.0 Å². The molecule has 0 N–H and O–H groups in total. The van der Waals surface area contributed by atoms with Gasteiger partial charge in [0.15, 0.2) is 5.78 Å². The third-order valence-corrected chi connectivity index (χ3v) is 6.72. The Kier molecular flexibility index (Phi) is 10.5. The highest BCUT2D eigenvalue weighted by Crippen LogP contribution is 2.45. The van der Waals surface area contributed by atoms with Crippen LogP contribution in [0, 0.1) is 5.82 Å². The number of amides is 1. The Morgan fingerprint density at radius 1 is 0.895 bits per heavy atom. The normalized spacial score (nSPS) is 16.6. The molecule has 1 fully saturated rings. The molecule has 0 bridgehead atoms. The fourth-order valence-corrected chi connectivity index (χ4v) is 4.56. The monoisotopic (exact) mass is 525 g/mol. The lowest BCUT2D eigenvalue weighted by atomic mass is 10.0. The minimum Gasteiger partial charge on any atom is -0.469 e. The summed E-state index contributed by atoms with van der Waals surface area (Å²) in [6.45, 7) is 5.90. The zero-order valence-electron chi connectivity index (χ0n) is 23.0. The van der Waals surface area contributed by atoms with Gasteiger partial charge < -0.3 is 14.4 Å². The number of carbonyl (C=O) groups excluding carboxylic acids is 3. The predicted molar refractivity (Wildman–Crippen MR) is 144 cm³/mol. The van der Waals surface area contributed by atoms with Crippen molar-refractivity contribution in [2.75, 3.05) is 7.11 Å². The van der Waals surface area contributed by atoms with Crippen LogP contribution >= 0.6 is 0 Å². The molecule has 1 amide bonds. The maximum absolute atomic E-state index is 13.4. The van der Waals surface area contributed by atoms with Gasteiger partial charge in [0.05, 0.1) is 7.11 Å². The van der Waals surface area contributed by atoms with Gasteiger partial charge >= 0.3 is 12.1 Å². The standard InChI is InChI=1S/C31H40FNO5/c1-31(2,3)38-30(36)33(27-20-26(27)23-16-18-25(32)19-17-23)21-22-12-14-24(15-13-22)28(34)10-8-6-5-7-9-11-29(35)37-4/h12-19,26-27H,5-11,20-21H2,1-4H3. The number of unbranched alkanes of at least 4 members (excludes halogenated alkanes) is 4. The molecule has 38 heavy (non-hydrogen) atoms. The first-order chi connectivity index (χ1) is 18.1. The van der Waals surface area contributed by atoms with Gasteiger partial charge in [-0.15, -0.1) is 0 Å². The third-order valence-electron chi connectivity index (χ3n) is 6.72. The van der Waals surface area contributed by atoms with Crippen LogP contribution in [0.5, 0.6) is 0 Å². The molecule has 1 saturated carbocycles. The lowest BCUT2D eigenvalue weighted by molar-refractivity contribution is -0.140. The van der Waals surface area contributed by atoms with Crippen molar-refractivity contribution in [2.45, 2.75) is 96.2 Å². The Hall–Kier alpha value is -3.22. The summed E-state index contributed by atoms with van der Waals surface area (Å²) in [5.41, 5.74) is 1.98. The van der Waals surface area contributed by atoms with Gasteiger partial charge in [-0.25, -0.2) is 9.18 Å². The average Bonchev–Trinajstić information content (AvgIpc) is 3.66. The minimum atomic E-state index is -0.618. The summed E-state index contributed by atoms with van der Waals surface area (Å²) >= 11 is 0. The summed E-state index contributed by atoms with van der Waals surface area (Å²) in [6.07, 6.45) is 5.88. The molecule has 0 heterocycles. The van der Waals surface area contributed by atoms with Gasteiger partial charge in [-0.05, 0) is 63.3 Å². The molecule has 3 rings (SSSR count). The molecule has 2 unspecified atom stereocenters. The Balaban J connectivity index is 1.53. The summed E-state index contributed by atoms with van der Waals surface area (Å²) in [5, 5.41) is 0. The number of methoxy groups -OCH3 is 1. The van der Waals surface area contributed by atoms with Gasteiger partial charge in [0, 0.05) is 36.9 Å². The molecule has 6 nitrogen and oxygen atoms in total. The number of ether oxygens (including phenoxy) is 2. The number of hydrogen-bond acceptors (Lipinski definition) is 5. The number of Topliss-reactive ketones (excluding diaryl/α,β-unsaturated/α-hetero) is 1. The number of ketones is 1. The molecule has 2 atom stereocenters. The molecule has 0 saturated heterocycles. The van der Waals surface area contributed by atoms with Gasteiger partial charge in [0.2, 0.25) is 0 Å². The zero-order chi connectivity index (χ0) is 27.7. The van der Waals surface area contributed by atoms with Crippen LogP contribution in [0.15, 0.2) is 48.5 Å². The van der Waals surface area contributed by atoms with Crippen LogP contribution in [0.4, 0.5) is 9.18 Å². The van der Waals surface area contributed by atoms with Crippen molar-refractivity contribution >= 4 is 17.8 Å². The van der Waals surface area contributed by atoms with Crippen LogP contribution in [0.2, 0.25) is 0 Å². The lowest BCUT2D eigenvalue weighted by Gasteiger charge is -2.28. The van der Waals surface area contributed by atoms with Crippen molar-refractivity contribution in [1.29, 1.82) is 0 Å². The fraction of sp³-hybridized carbons (Fsp3) is 0.516. The molecule has 0 spiro atoms. The first kappa shape index (κ1) is 29.3. The molecular weight excluding hydrogens is 485 g/mol. The first-order valence-electron chi connectivity index (χ1n) is 13.5. The Bertz CT molecular complexity index is 1070. The second kappa shape index (κ2) is 13.5. The highest BCUT2D eigenvalue weighted by molar-refractivity contribution is 5.96. The average molecular weight is 526 g/mol. The van der Waals surface area contributed by atoms with Crippen LogP contribution in [-0.4, -0.2) is 41.5 Å². The number of benzene rings is 2. The number of nitrogens with zero attached hydrogens (tertiary/aromatic N) is 1. The summed E-state index contributed by atoms with van der Waals surface area (Å²) in [4.78, 5) is 38.6. The number of halogens is 1. The second-order valence-electron chi connectivity index (χ2n) is 11.0. The van der Waals surface area contributed by atoms with Crippen molar-refractivity contribution in [3.63, 3.8) is 0 Å². The quantitative estimate of drug-likeness (QED) is 0.157. The van der Waals surface area contributed by atoms with E-state index >= 15 is 0 Å². The molecule has 0 radical (unpaired) electrons. The van der Waals surface area contributed by atoms with E-state index in [0.717, 1.165) is 49.7 Å². The van der Waals surface area contributed by atoms with Gasteiger partial charge in [-0.1, -0.05) is 55.7 Å². The smallest absolute Gasteiger partial charge is 0.410 e. The lowest BCUT2D eigenvalue weighted by Crippen LogP contribution is -2.38. The molecule has 0 aromatic heterocycles. The summed E-state index contributed by atoms with van der Waals surface area (Å²) in [6, 6.07) is 13.9. The van der Waals surface area contributed by atoms with Crippen molar-refractivity contribution in [3.05, 3.63) is 71.0 Å². The highest BCUT2D eigenvalue weighted by Gasteiger charge is 2.46. The molecule has 2 aromatic rings. The van der Waals surface area contributed by atoms with E-state index in [-0.39, 0.29) is 35.6 Å². The molecule has 1 aliphatic rings. The van der Waals surface area contributed by atoms with Crippen LogP contribution in [0.1, 0.15) is 99.5 Å². The van der Waals surface area contributed by atoms with E-state index in [2.05, 4.69) is 4.74 Å². The van der Waals surface area contributed by atoms with E-state index in [4.69, 9.17) is 4.74 Å². The second-order valence-corrected chi connectivity index (χ2v) is 11.0. The van der Waals surface area contributed by atoms with E-state index in [9.17, 15) is 18.8 Å². The first-order valence-corrected chi connectivity index (χ1v) is 13.5. The molecule has 0 aliphatic heterocycles. The largest absolute Gasteiger partial charge is 0.469 e. The fourth-order valence-electron chi connectivity index (χ4n) is 4.56. The maximum Gasteiger partial charge on any atom is 0.410 e. The van der Waals surface area contributed by atoms with Crippen LogP contribution in [0.3, 0.4) is 0 Å². The van der Waals surface area contributed by atoms with E-state index < -0.39 is 5.60 Å². The van der Waals surface area contributed by atoms with Crippen molar-refractivity contribution in [3.8, 4) is 0 Å². The predicted octanol–water partition coefficient (Wildman–Crippen LogP) is 7.21. The topological polar surface area (TPSA) is 72.9 Å². The van der Waals surface area contributed by atoms with Gasteiger partial charge in [-0.2, -0.15) is 0 Å². The molecule has 206 valence electrons. The summed E-state index contributed by atoms with van der Waals surface area (Å²) in [7, 11) is 1.40. The van der Waals surface area contributed by atoms with Gasteiger partial charge in [0.1, 0.15) is 11.4 Å². The Labute approximate surface area is 225 Å². The number of rotatable bonds is 13. The summed E-state index contributed by atoms with van der Waals surface area (Å²) in [5.74, 6) is -0.207. The van der Waals surface area contributed by atoms with Crippen molar-refractivity contribution in [1.82, 2.24) is 4.90 Å². The minimum absolute atomic E-state index is 0.0239. The molecule has 2 aromatic carbocycles. The van der Waals surface area contributed by atoms with E-state index in [1.807, 2.05) is 45.0 Å². The third kappa shape index (κ3) is 9.26. The number of esters is 1. The molecule has 7 heteroatoms. The molecular formula is C31H40FNO5. The van der Waals surface area contributed by atoms with Gasteiger partial charge in [-0.3, -0.25) is 9.59 Å². The van der Waals surface area contributed by atoms with Gasteiger partial charge in [0.25, 0.3) is 0 Å². The highest BCUT2D eigenvalue weighted by atomic mass is 19.1. The Morgan fingerprint density at radius 3 is 2.11 bits per heavy atom. The summed E-state index contributed by atoms with van der Waals surface area (Å²) < 4.78 is 23.7.